The van der Waals surface area contributed by atoms with E-state index in [0.29, 0.717) is 17.7 Å². The summed E-state index contributed by atoms with van der Waals surface area (Å²) in [7, 11) is 0. The fourth-order valence-electron chi connectivity index (χ4n) is 2.23. The highest BCUT2D eigenvalue weighted by atomic mass is 19.4. The van der Waals surface area contributed by atoms with Gasteiger partial charge in [0, 0.05) is 25.1 Å². The molecule has 0 spiro atoms. The molecule has 0 aliphatic carbocycles. The van der Waals surface area contributed by atoms with E-state index in [4.69, 9.17) is 5.11 Å². The molecular weight excluding hydrogens is 323 g/mol. The zero-order valence-electron chi connectivity index (χ0n) is 13.8. The van der Waals surface area contributed by atoms with Crippen molar-refractivity contribution in [3.63, 3.8) is 0 Å². The average Bonchev–Trinajstić information content (AvgIpc) is 2.48. The molecule has 1 aromatic rings. The molecule has 0 aromatic heterocycles. The van der Waals surface area contributed by atoms with Crippen LogP contribution in [0.3, 0.4) is 0 Å². The summed E-state index contributed by atoms with van der Waals surface area (Å²) in [5, 5.41) is 8.78. The summed E-state index contributed by atoms with van der Waals surface area (Å²) in [6.07, 6.45) is -5.40. The summed E-state index contributed by atoms with van der Waals surface area (Å²) in [4.78, 5) is 24.7. The number of halogens is 3. The van der Waals surface area contributed by atoms with Crippen LogP contribution < -0.4 is 0 Å². The maximum absolute atomic E-state index is 12.5. The molecule has 0 unspecified atom stereocenters. The number of hydrogen-bond donors (Lipinski definition) is 1. The third-order valence-corrected chi connectivity index (χ3v) is 3.37. The molecule has 0 atom stereocenters. The highest BCUT2D eigenvalue weighted by Gasteiger charge is 2.26. The Morgan fingerprint density at radius 2 is 1.75 bits per heavy atom. The zero-order chi connectivity index (χ0) is 18.3. The second-order valence-electron chi connectivity index (χ2n) is 6.10. The SMILES string of the molecule is CC(C)CN(CCC(=O)O)C(=O)c1ccc(CCC(F)(F)F)cc1. The van der Waals surface area contributed by atoms with Gasteiger partial charge in [-0.2, -0.15) is 13.2 Å². The molecule has 0 aliphatic rings. The first-order valence-electron chi connectivity index (χ1n) is 7.75. The number of carbonyl (C=O) groups excluding carboxylic acids is 1. The molecule has 24 heavy (non-hydrogen) atoms. The second-order valence-corrected chi connectivity index (χ2v) is 6.10. The summed E-state index contributed by atoms with van der Waals surface area (Å²) in [6, 6.07) is 5.98. The van der Waals surface area contributed by atoms with Gasteiger partial charge in [-0.3, -0.25) is 9.59 Å². The molecule has 4 nitrogen and oxygen atoms in total. The molecule has 0 fully saturated rings. The van der Waals surface area contributed by atoms with Crippen LogP contribution in [0.2, 0.25) is 0 Å². The topological polar surface area (TPSA) is 57.6 Å². The highest BCUT2D eigenvalue weighted by Crippen LogP contribution is 2.22. The number of aliphatic carboxylic acids is 1. The standard InChI is InChI=1S/C17H22F3NO3/c1-12(2)11-21(10-8-15(22)23)16(24)14-5-3-13(4-6-14)7-9-17(18,19)20/h3-6,12H,7-11H2,1-2H3,(H,22,23). The van der Waals surface area contributed by atoms with Gasteiger partial charge in [0.1, 0.15) is 0 Å². The summed E-state index contributed by atoms with van der Waals surface area (Å²) in [5.41, 5.74) is 0.849. The van der Waals surface area contributed by atoms with Crippen molar-refractivity contribution in [2.45, 2.75) is 39.3 Å². The van der Waals surface area contributed by atoms with Crippen LogP contribution in [0, 0.1) is 5.92 Å². The number of alkyl halides is 3. The molecule has 0 radical (unpaired) electrons. The fourth-order valence-corrected chi connectivity index (χ4v) is 2.23. The van der Waals surface area contributed by atoms with Gasteiger partial charge in [0.05, 0.1) is 6.42 Å². The van der Waals surface area contributed by atoms with Crippen LogP contribution in [-0.4, -0.2) is 41.1 Å². The maximum atomic E-state index is 12.5. The van der Waals surface area contributed by atoms with E-state index in [1.54, 1.807) is 0 Å². The molecule has 0 bridgehead atoms. The van der Waals surface area contributed by atoms with E-state index in [0.717, 1.165) is 0 Å². The van der Waals surface area contributed by atoms with Crippen molar-refractivity contribution in [1.29, 1.82) is 0 Å². The van der Waals surface area contributed by atoms with Crippen molar-refractivity contribution in [1.82, 2.24) is 4.90 Å². The minimum Gasteiger partial charge on any atom is -0.481 e. The van der Waals surface area contributed by atoms with Crippen molar-refractivity contribution >= 4 is 11.9 Å². The molecule has 1 amide bonds. The lowest BCUT2D eigenvalue weighted by molar-refractivity contribution is -0.137. The fraction of sp³-hybridized carbons (Fsp3) is 0.529. The number of benzene rings is 1. The predicted octanol–water partition coefficient (Wildman–Crippen LogP) is 3.75. The summed E-state index contributed by atoms with van der Waals surface area (Å²) >= 11 is 0. The Morgan fingerprint density at radius 1 is 1.17 bits per heavy atom. The first-order chi connectivity index (χ1) is 11.1. The number of nitrogens with zero attached hydrogens (tertiary/aromatic N) is 1. The molecule has 134 valence electrons. The van der Waals surface area contributed by atoms with Gasteiger partial charge in [-0.1, -0.05) is 26.0 Å². The third-order valence-electron chi connectivity index (χ3n) is 3.37. The van der Waals surface area contributed by atoms with Crippen LogP contribution in [0.1, 0.15) is 42.6 Å². The number of rotatable bonds is 8. The maximum Gasteiger partial charge on any atom is 0.389 e. The van der Waals surface area contributed by atoms with Crippen molar-refractivity contribution < 1.29 is 27.9 Å². The Hall–Kier alpha value is -2.05. The number of carboxylic acids is 1. The van der Waals surface area contributed by atoms with E-state index in [1.807, 2.05) is 13.8 Å². The molecule has 0 saturated carbocycles. The Bertz CT molecular complexity index is 553. The minimum atomic E-state index is -4.21. The first kappa shape index (κ1) is 20.0. The van der Waals surface area contributed by atoms with Crippen molar-refractivity contribution in [2.75, 3.05) is 13.1 Å². The van der Waals surface area contributed by atoms with Gasteiger partial charge in [-0.25, -0.2) is 0 Å². The van der Waals surface area contributed by atoms with Crippen molar-refractivity contribution in [3.05, 3.63) is 35.4 Å². The minimum absolute atomic E-state index is 0.0994. The molecule has 1 aromatic carbocycles. The molecular formula is C17H22F3NO3. The zero-order valence-corrected chi connectivity index (χ0v) is 13.8. The largest absolute Gasteiger partial charge is 0.481 e. The normalized spacial score (nSPS) is 11.6. The predicted molar refractivity (Wildman–Crippen MR) is 83.8 cm³/mol. The second kappa shape index (κ2) is 8.70. The van der Waals surface area contributed by atoms with Gasteiger partial charge in [0.25, 0.3) is 5.91 Å². The molecule has 0 heterocycles. The van der Waals surface area contributed by atoms with Gasteiger partial charge >= 0.3 is 12.1 Å². The molecule has 7 heteroatoms. The summed E-state index contributed by atoms with van der Waals surface area (Å²) in [6.45, 7) is 4.35. The van der Waals surface area contributed by atoms with E-state index < -0.39 is 18.6 Å². The summed E-state index contributed by atoms with van der Waals surface area (Å²) < 4.78 is 36.7. The van der Waals surface area contributed by atoms with E-state index in [1.165, 1.54) is 29.2 Å². The van der Waals surface area contributed by atoms with Crippen LogP contribution in [0.15, 0.2) is 24.3 Å². The average molecular weight is 345 g/mol. The van der Waals surface area contributed by atoms with Gasteiger partial charge < -0.3 is 10.0 Å². The molecule has 1 N–H and O–H groups in total. The number of carbonyl (C=O) groups is 2. The third kappa shape index (κ3) is 7.48. The van der Waals surface area contributed by atoms with Gasteiger partial charge in [-0.15, -0.1) is 0 Å². The number of carboxylic acid groups (broad SMARTS) is 1. The molecule has 0 saturated heterocycles. The quantitative estimate of drug-likeness (QED) is 0.780. The lowest BCUT2D eigenvalue weighted by Crippen LogP contribution is -2.36. The lowest BCUT2D eigenvalue weighted by Gasteiger charge is -2.24. The first-order valence-corrected chi connectivity index (χ1v) is 7.75. The van der Waals surface area contributed by atoms with Gasteiger partial charge in [-0.05, 0) is 30.0 Å². The van der Waals surface area contributed by atoms with Gasteiger partial charge in [0.2, 0.25) is 0 Å². The smallest absolute Gasteiger partial charge is 0.389 e. The summed E-state index contributed by atoms with van der Waals surface area (Å²) in [5.74, 6) is -1.12. The van der Waals surface area contributed by atoms with E-state index in [9.17, 15) is 22.8 Å². The lowest BCUT2D eigenvalue weighted by atomic mass is 10.1. The van der Waals surface area contributed by atoms with Crippen LogP contribution in [0.5, 0.6) is 0 Å². The van der Waals surface area contributed by atoms with Crippen LogP contribution in [0.25, 0.3) is 0 Å². The Labute approximate surface area is 139 Å². The monoisotopic (exact) mass is 345 g/mol. The van der Waals surface area contributed by atoms with Crippen LogP contribution in [-0.2, 0) is 11.2 Å². The number of aryl methyl sites for hydroxylation is 1. The van der Waals surface area contributed by atoms with Crippen molar-refractivity contribution in [3.8, 4) is 0 Å². The number of hydrogen-bond acceptors (Lipinski definition) is 2. The van der Waals surface area contributed by atoms with Crippen molar-refractivity contribution in [2.24, 2.45) is 5.92 Å². The van der Waals surface area contributed by atoms with Crippen LogP contribution in [0.4, 0.5) is 13.2 Å². The Morgan fingerprint density at radius 3 is 2.21 bits per heavy atom. The Balaban J connectivity index is 2.77. The van der Waals surface area contributed by atoms with E-state index >= 15 is 0 Å². The van der Waals surface area contributed by atoms with Gasteiger partial charge in [0.15, 0.2) is 0 Å². The highest BCUT2D eigenvalue weighted by molar-refractivity contribution is 5.94. The molecule has 0 aliphatic heterocycles. The van der Waals surface area contributed by atoms with E-state index in [2.05, 4.69) is 0 Å². The van der Waals surface area contributed by atoms with Crippen LogP contribution >= 0.6 is 0 Å². The van der Waals surface area contributed by atoms with E-state index in [-0.39, 0.29) is 31.2 Å². The molecule has 1 rings (SSSR count). The Kier molecular flexibility index (Phi) is 7.25. The number of amides is 1.